The highest BCUT2D eigenvalue weighted by Gasteiger charge is 2.31. The zero-order chi connectivity index (χ0) is 38.9. The number of nitrogens with one attached hydrogen (secondary N) is 1. The summed E-state index contributed by atoms with van der Waals surface area (Å²) in [6.07, 6.45) is 10.0. The number of fused-ring (bicyclic) bond motifs is 7. The Balaban J connectivity index is 1.10. The van der Waals surface area contributed by atoms with Gasteiger partial charge < -0.3 is 10.2 Å². The molecule has 1 N–H and O–H groups in total. The maximum Gasteiger partial charge on any atom is 0.0941 e. The van der Waals surface area contributed by atoms with Crippen LogP contribution < -0.4 is 10.2 Å². The molecule has 8 aromatic carbocycles. The lowest BCUT2D eigenvalue weighted by Crippen LogP contribution is -2.15. The maximum absolute atomic E-state index is 4.79. The van der Waals surface area contributed by atoms with Crippen LogP contribution in [0.25, 0.3) is 94.2 Å². The molecule has 2 aliphatic rings. The van der Waals surface area contributed by atoms with Crippen molar-refractivity contribution in [2.24, 2.45) is 0 Å². The van der Waals surface area contributed by atoms with Crippen molar-refractivity contribution in [1.82, 2.24) is 9.97 Å². The molecule has 2 aromatic heterocycles. The third-order valence-electron chi connectivity index (χ3n) is 12.1. The second kappa shape index (κ2) is 13.4. The van der Waals surface area contributed by atoms with E-state index in [2.05, 4.69) is 185 Å². The molecule has 276 valence electrons. The van der Waals surface area contributed by atoms with E-state index in [-0.39, 0.29) is 0 Å². The molecule has 0 bridgehead atoms. The molecule has 0 saturated heterocycles. The van der Waals surface area contributed by atoms with Gasteiger partial charge in [-0.25, -0.2) is 0 Å². The first-order valence-electron chi connectivity index (χ1n) is 20.2. The standard InChI is InChI=1S/C55H36N4/c1-3-14-35(15-4-1)49-43-22-7-8-23-44(43)50(36-16-5-2-6-17-36)53-47-28-27-41(42-24-10-25-46(51(42)47)52(49)53)37-18-9-20-39(32-37)59(40-21-12-29-56-34-40)48-33-38-19-11-30-57-54(38)55-45(48)26-13-31-58-55/h1-30,32-34,58H,31H2. The van der Waals surface area contributed by atoms with Crippen molar-refractivity contribution in [1.29, 1.82) is 0 Å². The molecular formula is C55H36N4. The zero-order valence-corrected chi connectivity index (χ0v) is 32.1. The van der Waals surface area contributed by atoms with Crippen LogP contribution in [0.1, 0.15) is 5.56 Å². The first-order valence-corrected chi connectivity index (χ1v) is 20.2. The minimum atomic E-state index is 0.759. The van der Waals surface area contributed by atoms with Gasteiger partial charge in [0, 0.05) is 35.6 Å². The van der Waals surface area contributed by atoms with Crippen LogP contribution in [-0.4, -0.2) is 16.5 Å². The lowest BCUT2D eigenvalue weighted by Gasteiger charge is -2.30. The third-order valence-corrected chi connectivity index (χ3v) is 12.1. The number of pyridine rings is 2. The van der Waals surface area contributed by atoms with Crippen LogP contribution in [0, 0.1) is 0 Å². The second-order valence-corrected chi connectivity index (χ2v) is 15.3. The van der Waals surface area contributed by atoms with Gasteiger partial charge in [-0.3, -0.25) is 9.97 Å². The Labute approximate surface area is 342 Å². The van der Waals surface area contributed by atoms with Crippen LogP contribution in [0.5, 0.6) is 0 Å². The summed E-state index contributed by atoms with van der Waals surface area (Å²) < 4.78 is 0. The predicted octanol–water partition coefficient (Wildman–Crippen LogP) is 14.5. The van der Waals surface area contributed by atoms with Gasteiger partial charge in [0.2, 0.25) is 0 Å². The lowest BCUT2D eigenvalue weighted by molar-refractivity contribution is 1.22. The van der Waals surface area contributed by atoms with Crippen LogP contribution >= 0.6 is 0 Å². The largest absolute Gasteiger partial charge is 0.379 e. The van der Waals surface area contributed by atoms with E-state index >= 15 is 0 Å². The molecule has 0 radical (unpaired) electrons. The SMILES string of the molecule is C1=Cc2c(N(c3cccnc3)c3cccc(-c4ccc5c6c(cccc46)-c4c-5c(-c5ccccc5)c5ccccc5c4-c4ccccc4)c3)cc3cccnc3c2NC1. The number of aromatic nitrogens is 2. The average molecular weight is 753 g/mol. The molecule has 0 amide bonds. The van der Waals surface area contributed by atoms with Crippen LogP contribution in [-0.2, 0) is 0 Å². The lowest BCUT2D eigenvalue weighted by atomic mass is 9.82. The second-order valence-electron chi connectivity index (χ2n) is 15.3. The summed E-state index contributed by atoms with van der Waals surface area (Å²) in [6.45, 7) is 0.759. The number of benzene rings is 8. The molecule has 12 rings (SSSR count). The number of hydrogen-bond donors (Lipinski definition) is 1. The van der Waals surface area contributed by atoms with E-state index in [1.807, 2.05) is 30.7 Å². The molecule has 1 aliphatic heterocycles. The first kappa shape index (κ1) is 33.3. The van der Waals surface area contributed by atoms with Crippen molar-refractivity contribution in [3.8, 4) is 55.6 Å². The van der Waals surface area contributed by atoms with Gasteiger partial charge in [-0.15, -0.1) is 0 Å². The minimum absolute atomic E-state index is 0.759. The Morgan fingerprint density at radius 1 is 0.492 bits per heavy atom. The average Bonchev–Trinajstić information content (AvgIpc) is 3.64. The van der Waals surface area contributed by atoms with E-state index in [4.69, 9.17) is 4.98 Å². The van der Waals surface area contributed by atoms with E-state index in [1.54, 1.807) is 0 Å². The fourth-order valence-electron chi connectivity index (χ4n) is 9.68. The van der Waals surface area contributed by atoms with Crippen molar-refractivity contribution < 1.29 is 0 Å². The molecule has 0 atom stereocenters. The Kier molecular flexibility index (Phi) is 7.57. The number of hydrogen-bond acceptors (Lipinski definition) is 4. The Bertz CT molecular complexity index is 3230. The highest BCUT2D eigenvalue weighted by Crippen LogP contribution is 2.58. The van der Waals surface area contributed by atoms with Crippen molar-refractivity contribution in [3.05, 3.63) is 200 Å². The molecule has 4 heteroatoms. The van der Waals surface area contributed by atoms with Crippen LogP contribution in [0.3, 0.4) is 0 Å². The van der Waals surface area contributed by atoms with E-state index in [1.165, 1.54) is 71.6 Å². The molecule has 4 nitrogen and oxygen atoms in total. The van der Waals surface area contributed by atoms with E-state index in [0.29, 0.717) is 0 Å². The van der Waals surface area contributed by atoms with Gasteiger partial charge in [-0.05, 0) is 114 Å². The van der Waals surface area contributed by atoms with Crippen molar-refractivity contribution >= 4 is 61.3 Å². The molecule has 0 fully saturated rings. The summed E-state index contributed by atoms with van der Waals surface area (Å²) >= 11 is 0. The van der Waals surface area contributed by atoms with Gasteiger partial charge in [0.1, 0.15) is 0 Å². The Morgan fingerprint density at radius 2 is 1.14 bits per heavy atom. The Hall–Kier alpha value is -7.82. The van der Waals surface area contributed by atoms with Gasteiger partial charge in [0.25, 0.3) is 0 Å². The maximum atomic E-state index is 4.79. The van der Waals surface area contributed by atoms with E-state index in [9.17, 15) is 0 Å². The summed E-state index contributed by atoms with van der Waals surface area (Å²) in [5.41, 5.74) is 18.8. The van der Waals surface area contributed by atoms with E-state index in [0.717, 1.165) is 51.3 Å². The van der Waals surface area contributed by atoms with Crippen molar-refractivity contribution in [3.63, 3.8) is 0 Å². The fourth-order valence-corrected chi connectivity index (χ4v) is 9.68. The zero-order valence-electron chi connectivity index (χ0n) is 32.1. The molecule has 59 heavy (non-hydrogen) atoms. The fraction of sp³-hybridized carbons (Fsp3) is 0.0182. The highest BCUT2D eigenvalue weighted by atomic mass is 15.2. The normalized spacial score (nSPS) is 12.4. The summed E-state index contributed by atoms with van der Waals surface area (Å²) in [5.74, 6) is 0. The minimum Gasteiger partial charge on any atom is -0.379 e. The third kappa shape index (κ3) is 5.16. The molecule has 1 aliphatic carbocycles. The molecular weight excluding hydrogens is 717 g/mol. The molecule has 3 heterocycles. The number of nitrogens with zero attached hydrogens (tertiary/aromatic N) is 3. The summed E-state index contributed by atoms with van der Waals surface area (Å²) in [4.78, 5) is 11.7. The van der Waals surface area contributed by atoms with E-state index < -0.39 is 0 Å². The van der Waals surface area contributed by atoms with Gasteiger partial charge in [0.15, 0.2) is 0 Å². The molecule has 0 saturated carbocycles. The molecule has 0 unspecified atom stereocenters. The smallest absolute Gasteiger partial charge is 0.0941 e. The topological polar surface area (TPSA) is 41.1 Å². The highest BCUT2D eigenvalue weighted by molar-refractivity contribution is 6.28. The molecule has 0 spiro atoms. The van der Waals surface area contributed by atoms with Gasteiger partial charge in [-0.2, -0.15) is 0 Å². The van der Waals surface area contributed by atoms with Crippen LogP contribution in [0.2, 0.25) is 0 Å². The number of rotatable bonds is 6. The van der Waals surface area contributed by atoms with Crippen molar-refractivity contribution in [2.45, 2.75) is 0 Å². The predicted molar refractivity (Wildman–Crippen MR) is 247 cm³/mol. The monoisotopic (exact) mass is 752 g/mol. The molecule has 10 aromatic rings. The van der Waals surface area contributed by atoms with Crippen LogP contribution in [0.4, 0.5) is 22.7 Å². The summed E-state index contributed by atoms with van der Waals surface area (Å²) in [5, 5.41) is 9.78. The number of anilines is 4. The van der Waals surface area contributed by atoms with Crippen molar-refractivity contribution in [2.75, 3.05) is 16.8 Å². The summed E-state index contributed by atoms with van der Waals surface area (Å²) in [7, 11) is 0. The van der Waals surface area contributed by atoms with Gasteiger partial charge >= 0.3 is 0 Å². The first-order chi connectivity index (χ1) is 29.3. The van der Waals surface area contributed by atoms with Crippen LogP contribution in [0.15, 0.2) is 195 Å². The summed E-state index contributed by atoms with van der Waals surface area (Å²) in [6, 6.07) is 61.9. The quantitative estimate of drug-likeness (QED) is 0.184. The van der Waals surface area contributed by atoms with Gasteiger partial charge in [0.05, 0.1) is 28.8 Å². The Morgan fingerprint density at radius 3 is 1.88 bits per heavy atom. The van der Waals surface area contributed by atoms with Gasteiger partial charge in [-0.1, -0.05) is 146 Å².